The van der Waals surface area contributed by atoms with Gasteiger partial charge in [-0.2, -0.15) is 0 Å². The number of carbonyl (C=O) groups is 1. The van der Waals surface area contributed by atoms with Crippen molar-refractivity contribution in [1.29, 1.82) is 0 Å². The van der Waals surface area contributed by atoms with Gasteiger partial charge in [0.25, 0.3) is 0 Å². The predicted octanol–water partition coefficient (Wildman–Crippen LogP) is 1.51. The molecule has 0 aromatic carbocycles. The molecule has 4 nitrogen and oxygen atoms in total. The molecule has 1 heterocycles. The number of hydrogen-bond acceptors (Lipinski definition) is 4. The Balaban J connectivity index is 1.81. The van der Waals surface area contributed by atoms with Crippen molar-refractivity contribution in [2.75, 3.05) is 13.2 Å². The molecule has 2 aliphatic rings. The predicted molar refractivity (Wildman–Crippen MR) is 62.4 cm³/mol. The van der Waals surface area contributed by atoms with Gasteiger partial charge in [-0.25, -0.2) is 0 Å². The van der Waals surface area contributed by atoms with E-state index < -0.39 is 0 Å². The lowest BCUT2D eigenvalue weighted by Gasteiger charge is -2.20. The second kappa shape index (κ2) is 5.83. The zero-order valence-electron chi connectivity index (χ0n) is 10.4. The number of hydrogen-bond donors (Lipinski definition) is 1. The number of unbranched alkanes of at least 4 members (excludes halogenated alkanes) is 2. The van der Waals surface area contributed by atoms with Crippen LogP contribution in [0.25, 0.3) is 0 Å². The van der Waals surface area contributed by atoms with Gasteiger partial charge in [-0.15, -0.1) is 0 Å². The van der Waals surface area contributed by atoms with E-state index in [2.05, 4.69) is 6.92 Å². The molecule has 0 bridgehead atoms. The highest BCUT2D eigenvalue weighted by molar-refractivity contribution is 5.72. The summed E-state index contributed by atoms with van der Waals surface area (Å²) in [6, 6.07) is 0. The molecule has 2 fully saturated rings. The van der Waals surface area contributed by atoms with Crippen LogP contribution in [0.1, 0.15) is 39.0 Å². The molecule has 4 atom stereocenters. The molecular weight excluding hydrogens is 220 g/mol. The van der Waals surface area contributed by atoms with E-state index in [1.165, 1.54) is 12.8 Å². The van der Waals surface area contributed by atoms with Crippen LogP contribution in [0.15, 0.2) is 0 Å². The molecule has 1 saturated heterocycles. The van der Waals surface area contributed by atoms with Gasteiger partial charge >= 0.3 is 5.97 Å². The minimum absolute atomic E-state index is 0.0178. The third kappa shape index (κ3) is 2.80. The normalized spacial score (nSPS) is 36.0. The Kier molecular flexibility index (Phi) is 4.40. The molecule has 0 aromatic heterocycles. The summed E-state index contributed by atoms with van der Waals surface area (Å²) in [5.41, 5.74) is 0. The summed E-state index contributed by atoms with van der Waals surface area (Å²) in [6.45, 7) is 3.01. The second-order valence-corrected chi connectivity index (χ2v) is 5.09. The van der Waals surface area contributed by atoms with Crippen LogP contribution >= 0.6 is 0 Å². The van der Waals surface area contributed by atoms with Crippen LogP contribution in [-0.2, 0) is 14.3 Å². The third-order valence-corrected chi connectivity index (χ3v) is 3.95. The quantitative estimate of drug-likeness (QED) is 0.566. The molecule has 1 aliphatic carbocycles. The number of rotatable bonds is 6. The molecule has 98 valence electrons. The van der Waals surface area contributed by atoms with Crippen LogP contribution in [0.5, 0.6) is 0 Å². The topological polar surface area (TPSA) is 55.8 Å². The van der Waals surface area contributed by atoms with Crippen molar-refractivity contribution in [2.24, 2.45) is 11.8 Å². The number of aliphatic hydroxyl groups is 1. The summed E-state index contributed by atoms with van der Waals surface area (Å²) in [5.74, 6) is 0.125. The maximum absolute atomic E-state index is 11.2. The number of carbonyl (C=O) groups excluding carboxylic acids is 1. The molecule has 1 saturated carbocycles. The van der Waals surface area contributed by atoms with E-state index in [0.29, 0.717) is 6.42 Å². The lowest BCUT2D eigenvalue weighted by Crippen LogP contribution is -2.26. The molecule has 1 aliphatic heterocycles. The van der Waals surface area contributed by atoms with E-state index in [1.54, 1.807) is 0 Å². The highest BCUT2D eigenvalue weighted by atomic mass is 16.6. The van der Waals surface area contributed by atoms with Gasteiger partial charge in [0.1, 0.15) is 6.10 Å². The summed E-state index contributed by atoms with van der Waals surface area (Å²) in [4.78, 5) is 11.2. The molecule has 1 N–H and O–H groups in total. The molecular formula is C13H22O4. The van der Waals surface area contributed by atoms with Gasteiger partial charge in [0, 0.05) is 31.5 Å². The summed E-state index contributed by atoms with van der Waals surface area (Å²) in [7, 11) is 0. The smallest absolute Gasteiger partial charge is 0.306 e. The lowest BCUT2D eigenvalue weighted by molar-refractivity contribution is -0.142. The Morgan fingerprint density at radius 3 is 3.00 bits per heavy atom. The van der Waals surface area contributed by atoms with Gasteiger partial charge in [0.2, 0.25) is 0 Å². The number of fused-ring (bicyclic) bond motifs is 1. The molecule has 0 spiro atoms. The first-order valence-corrected chi connectivity index (χ1v) is 6.68. The minimum Gasteiger partial charge on any atom is -0.462 e. The molecule has 17 heavy (non-hydrogen) atoms. The van der Waals surface area contributed by atoms with Crippen molar-refractivity contribution in [3.8, 4) is 0 Å². The molecule has 2 rings (SSSR count). The Hall–Kier alpha value is -0.610. The number of ether oxygens (including phenoxy) is 2. The Morgan fingerprint density at radius 2 is 2.29 bits per heavy atom. The number of aliphatic hydroxyl groups excluding tert-OH is 1. The Labute approximate surface area is 102 Å². The third-order valence-electron chi connectivity index (χ3n) is 3.95. The largest absolute Gasteiger partial charge is 0.462 e. The summed E-state index contributed by atoms with van der Waals surface area (Å²) >= 11 is 0. The van der Waals surface area contributed by atoms with Crippen LogP contribution in [0.3, 0.4) is 0 Å². The van der Waals surface area contributed by atoms with Gasteiger partial charge < -0.3 is 14.6 Å². The second-order valence-electron chi connectivity index (χ2n) is 5.09. The highest BCUT2D eigenvalue weighted by Gasteiger charge is 2.50. The van der Waals surface area contributed by atoms with E-state index in [4.69, 9.17) is 9.47 Å². The first-order valence-electron chi connectivity index (χ1n) is 6.68. The van der Waals surface area contributed by atoms with Crippen LogP contribution in [0, 0.1) is 11.8 Å². The average Bonchev–Trinajstić information content (AvgIpc) is 2.79. The SMILES string of the molecule is CCCCCO[C@@H]1CC2OC(=O)CC2[C@H]1CO. The van der Waals surface area contributed by atoms with Crippen molar-refractivity contribution in [3.05, 3.63) is 0 Å². The molecule has 4 heteroatoms. The van der Waals surface area contributed by atoms with Crippen molar-refractivity contribution in [2.45, 2.75) is 51.2 Å². The lowest BCUT2D eigenvalue weighted by atomic mass is 9.93. The van der Waals surface area contributed by atoms with Crippen LogP contribution in [-0.4, -0.2) is 36.5 Å². The molecule has 0 aromatic rings. The molecule has 0 amide bonds. The van der Waals surface area contributed by atoms with Gasteiger partial charge in [-0.3, -0.25) is 4.79 Å². The van der Waals surface area contributed by atoms with Gasteiger partial charge in [-0.05, 0) is 6.42 Å². The fraction of sp³-hybridized carbons (Fsp3) is 0.923. The summed E-state index contributed by atoms with van der Waals surface area (Å²) < 4.78 is 11.1. The van der Waals surface area contributed by atoms with E-state index in [-0.39, 0.29) is 36.6 Å². The minimum atomic E-state index is -0.122. The zero-order valence-corrected chi connectivity index (χ0v) is 10.4. The van der Waals surface area contributed by atoms with Crippen molar-refractivity contribution < 1.29 is 19.4 Å². The standard InChI is InChI=1S/C13H22O4/c1-2-3-4-5-16-11-7-12-9(10(11)8-14)6-13(15)17-12/h9-12,14H,2-8H2,1H3/t9?,10-,11-,12?/m1/s1. The van der Waals surface area contributed by atoms with Crippen molar-refractivity contribution in [1.82, 2.24) is 0 Å². The Morgan fingerprint density at radius 1 is 1.47 bits per heavy atom. The Bertz CT molecular complexity index is 266. The average molecular weight is 242 g/mol. The van der Waals surface area contributed by atoms with E-state index in [1.807, 2.05) is 0 Å². The molecule has 2 unspecified atom stereocenters. The zero-order chi connectivity index (χ0) is 12.3. The maximum atomic E-state index is 11.2. The molecule has 0 radical (unpaired) electrons. The van der Waals surface area contributed by atoms with Crippen LogP contribution in [0.4, 0.5) is 0 Å². The van der Waals surface area contributed by atoms with Gasteiger partial charge in [0.15, 0.2) is 0 Å². The fourth-order valence-corrected chi connectivity index (χ4v) is 2.99. The van der Waals surface area contributed by atoms with E-state index in [9.17, 15) is 9.90 Å². The first-order chi connectivity index (χ1) is 8.26. The summed E-state index contributed by atoms with van der Waals surface area (Å²) in [6.07, 6.45) is 4.69. The van der Waals surface area contributed by atoms with Gasteiger partial charge in [0.05, 0.1) is 12.5 Å². The van der Waals surface area contributed by atoms with Crippen molar-refractivity contribution >= 4 is 5.97 Å². The highest BCUT2D eigenvalue weighted by Crippen LogP contribution is 2.42. The monoisotopic (exact) mass is 242 g/mol. The maximum Gasteiger partial charge on any atom is 0.306 e. The fourth-order valence-electron chi connectivity index (χ4n) is 2.99. The van der Waals surface area contributed by atoms with Crippen LogP contribution in [0.2, 0.25) is 0 Å². The van der Waals surface area contributed by atoms with Gasteiger partial charge in [-0.1, -0.05) is 19.8 Å². The van der Waals surface area contributed by atoms with Crippen molar-refractivity contribution in [3.63, 3.8) is 0 Å². The summed E-state index contributed by atoms with van der Waals surface area (Å²) in [5, 5.41) is 9.43. The van der Waals surface area contributed by atoms with E-state index in [0.717, 1.165) is 19.4 Å². The first kappa shape index (κ1) is 12.8. The van der Waals surface area contributed by atoms with E-state index >= 15 is 0 Å². The number of esters is 1. The van der Waals surface area contributed by atoms with Crippen LogP contribution < -0.4 is 0 Å².